The van der Waals surface area contributed by atoms with Crippen molar-refractivity contribution in [3.05, 3.63) is 35.8 Å². The third-order valence-electron chi connectivity index (χ3n) is 3.00. The second-order valence-electron chi connectivity index (χ2n) is 4.59. The lowest BCUT2D eigenvalue weighted by Crippen LogP contribution is -2.38. The number of fused-ring (bicyclic) bond motifs is 1. The predicted octanol–water partition coefficient (Wildman–Crippen LogP) is 1.30. The van der Waals surface area contributed by atoms with Gasteiger partial charge in [-0.3, -0.25) is 9.59 Å². The van der Waals surface area contributed by atoms with Gasteiger partial charge < -0.3 is 15.0 Å². The second-order valence-corrected chi connectivity index (χ2v) is 4.59. The Balaban J connectivity index is 2.36. The molecule has 6 nitrogen and oxygen atoms in total. The van der Waals surface area contributed by atoms with Gasteiger partial charge in [0.1, 0.15) is 5.65 Å². The lowest BCUT2D eigenvalue weighted by atomic mass is 10.2. The van der Waals surface area contributed by atoms with Gasteiger partial charge in [0, 0.05) is 18.9 Å². The van der Waals surface area contributed by atoms with E-state index < -0.39 is 23.7 Å². The Labute approximate surface area is 123 Å². The molecule has 0 saturated carbocycles. The number of hydrogen-bond donors (Lipinski definition) is 1. The van der Waals surface area contributed by atoms with Crippen molar-refractivity contribution in [1.82, 2.24) is 14.3 Å². The summed E-state index contributed by atoms with van der Waals surface area (Å²) in [5.74, 6) is -1.16. The molecule has 2 rings (SSSR count). The zero-order chi connectivity index (χ0) is 16.5. The molecule has 2 aromatic rings. The predicted molar refractivity (Wildman–Crippen MR) is 71.0 cm³/mol. The molecule has 0 aliphatic rings. The van der Waals surface area contributed by atoms with Crippen LogP contribution in [0.3, 0.4) is 0 Å². The van der Waals surface area contributed by atoms with Gasteiger partial charge in [0.15, 0.2) is 5.69 Å². The van der Waals surface area contributed by atoms with Crippen molar-refractivity contribution in [2.45, 2.75) is 13.1 Å². The maximum atomic E-state index is 12.6. The Morgan fingerprint density at radius 1 is 1.32 bits per heavy atom. The summed E-state index contributed by atoms with van der Waals surface area (Å²) in [6.45, 7) is 1.65. The third kappa shape index (κ3) is 3.18. The first-order valence-electron chi connectivity index (χ1n) is 6.36. The normalized spacial score (nSPS) is 11.6. The number of aromatic nitrogens is 2. The van der Waals surface area contributed by atoms with Crippen LogP contribution in [0, 0.1) is 0 Å². The number of pyridine rings is 1. The molecule has 2 aromatic heterocycles. The first kappa shape index (κ1) is 15.8. The smallest absolute Gasteiger partial charge is 0.368 e. The van der Waals surface area contributed by atoms with E-state index in [4.69, 9.17) is 5.73 Å². The Kier molecular flexibility index (Phi) is 4.07. The van der Waals surface area contributed by atoms with E-state index in [0.717, 1.165) is 10.6 Å². The van der Waals surface area contributed by atoms with Crippen molar-refractivity contribution in [2.24, 2.45) is 5.73 Å². The van der Waals surface area contributed by atoms with Gasteiger partial charge in [-0.2, -0.15) is 13.2 Å². The van der Waals surface area contributed by atoms with E-state index >= 15 is 0 Å². The molecule has 0 aliphatic heterocycles. The summed E-state index contributed by atoms with van der Waals surface area (Å²) in [5.41, 5.74) is 4.22. The molecule has 2 amide bonds. The molecule has 0 radical (unpaired) electrons. The number of amides is 2. The van der Waals surface area contributed by atoms with Gasteiger partial charge in [-0.25, -0.2) is 4.98 Å². The van der Waals surface area contributed by atoms with Crippen molar-refractivity contribution in [2.75, 3.05) is 13.1 Å². The van der Waals surface area contributed by atoms with Gasteiger partial charge in [-0.05, 0) is 19.1 Å². The van der Waals surface area contributed by atoms with E-state index in [1.807, 2.05) is 0 Å². The first-order valence-corrected chi connectivity index (χ1v) is 6.36. The van der Waals surface area contributed by atoms with Crippen LogP contribution in [0.4, 0.5) is 13.2 Å². The van der Waals surface area contributed by atoms with Crippen LogP contribution in [0.1, 0.15) is 23.0 Å². The summed E-state index contributed by atoms with van der Waals surface area (Å²) >= 11 is 0. The van der Waals surface area contributed by atoms with Crippen LogP contribution < -0.4 is 5.73 Å². The summed E-state index contributed by atoms with van der Waals surface area (Å²) in [5, 5.41) is 0. The van der Waals surface area contributed by atoms with Gasteiger partial charge in [0.25, 0.3) is 5.91 Å². The van der Waals surface area contributed by atoms with Crippen LogP contribution in [0.25, 0.3) is 5.65 Å². The van der Waals surface area contributed by atoms with E-state index in [2.05, 4.69) is 4.98 Å². The van der Waals surface area contributed by atoms with Gasteiger partial charge in [-0.1, -0.05) is 0 Å². The summed E-state index contributed by atoms with van der Waals surface area (Å²) in [4.78, 5) is 27.8. The molecule has 22 heavy (non-hydrogen) atoms. The minimum atomic E-state index is -4.56. The molecule has 2 N–H and O–H groups in total. The molecule has 118 valence electrons. The number of hydrogen-bond acceptors (Lipinski definition) is 3. The van der Waals surface area contributed by atoms with Crippen LogP contribution in [0.2, 0.25) is 0 Å². The number of alkyl halides is 3. The molecule has 0 unspecified atom stereocenters. The number of nitrogens with two attached hydrogens (primary N) is 1. The lowest BCUT2D eigenvalue weighted by Gasteiger charge is -2.18. The standard InChI is InChI=1S/C13H13F3N4O2/c1-2-19(7-10(17)21)12(22)8-3-4-11-18-9(13(14,15)16)6-20(11)5-8/h3-6H,2,7H2,1H3,(H2,17,21). The van der Waals surface area contributed by atoms with E-state index in [0.29, 0.717) is 0 Å². The Morgan fingerprint density at radius 3 is 2.55 bits per heavy atom. The minimum Gasteiger partial charge on any atom is -0.368 e. The summed E-state index contributed by atoms with van der Waals surface area (Å²) < 4.78 is 38.9. The number of carbonyl (C=O) groups excluding carboxylic acids is 2. The number of imidazole rings is 1. The molecule has 9 heteroatoms. The van der Waals surface area contributed by atoms with Gasteiger partial charge in [0.05, 0.1) is 12.1 Å². The average Bonchev–Trinajstić information content (AvgIpc) is 2.86. The summed E-state index contributed by atoms with van der Waals surface area (Å²) in [6, 6.07) is 2.66. The van der Waals surface area contributed by atoms with Gasteiger partial charge in [0.2, 0.25) is 5.91 Å². The third-order valence-corrected chi connectivity index (χ3v) is 3.00. The number of nitrogens with zero attached hydrogens (tertiary/aromatic N) is 3. The highest BCUT2D eigenvalue weighted by molar-refractivity contribution is 5.96. The largest absolute Gasteiger partial charge is 0.434 e. The number of carbonyl (C=O) groups is 2. The van der Waals surface area contributed by atoms with E-state index in [9.17, 15) is 22.8 Å². The summed E-state index contributed by atoms with van der Waals surface area (Å²) in [7, 11) is 0. The molecule has 0 saturated heterocycles. The second kappa shape index (κ2) is 5.66. The highest BCUT2D eigenvalue weighted by Crippen LogP contribution is 2.28. The van der Waals surface area contributed by atoms with Gasteiger partial charge in [-0.15, -0.1) is 0 Å². The van der Waals surface area contributed by atoms with Crippen LogP contribution in [0.15, 0.2) is 24.5 Å². The molecule has 2 heterocycles. The molecule has 0 bridgehead atoms. The van der Waals surface area contributed by atoms with Crippen LogP contribution in [-0.2, 0) is 11.0 Å². The Hall–Kier alpha value is -2.58. The fourth-order valence-electron chi connectivity index (χ4n) is 1.95. The van der Waals surface area contributed by atoms with Crippen molar-refractivity contribution >= 4 is 17.5 Å². The topological polar surface area (TPSA) is 80.7 Å². The SMILES string of the molecule is CCN(CC(N)=O)C(=O)c1ccc2nc(C(F)(F)F)cn2c1. The van der Waals surface area contributed by atoms with Crippen molar-refractivity contribution in [3.8, 4) is 0 Å². The zero-order valence-corrected chi connectivity index (χ0v) is 11.6. The molecule has 0 fully saturated rings. The maximum absolute atomic E-state index is 12.6. The molecule has 0 aliphatic carbocycles. The molecule has 0 aromatic carbocycles. The lowest BCUT2D eigenvalue weighted by molar-refractivity contribution is -0.140. The quantitative estimate of drug-likeness (QED) is 0.923. The molecular weight excluding hydrogens is 301 g/mol. The maximum Gasteiger partial charge on any atom is 0.434 e. The molecule has 0 spiro atoms. The Morgan fingerprint density at radius 2 is 2.00 bits per heavy atom. The first-order chi connectivity index (χ1) is 10.2. The zero-order valence-electron chi connectivity index (χ0n) is 11.6. The minimum absolute atomic E-state index is 0.0711. The highest BCUT2D eigenvalue weighted by Gasteiger charge is 2.34. The highest BCUT2D eigenvalue weighted by atomic mass is 19.4. The molecular formula is C13H13F3N4O2. The van der Waals surface area contributed by atoms with Crippen molar-refractivity contribution in [3.63, 3.8) is 0 Å². The number of halogens is 3. The number of likely N-dealkylation sites (N-methyl/N-ethyl adjacent to an activating group) is 1. The number of rotatable bonds is 4. The van der Waals surface area contributed by atoms with E-state index in [1.54, 1.807) is 6.92 Å². The van der Waals surface area contributed by atoms with Crippen LogP contribution >= 0.6 is 0 Å². The van der Waals surface area contributed by atoms with E-state index in [1.165, 1.54) is 23.2 Å². The van der Waals surface area contributed by atoms with Gasteiger partial charge >= 0.3 is 6.18 Å². The Bertz CT molecular complexity index is 724. The fourth-order valence-corrected chi connectivity index (χ4v) is 1.95. The molecule has 0 atom stereocenters. The van der Waals surface area contributed by atoms with E-state index in [-0.39, 0.29) is 24.3 Å². The summed E-state index contributed by atoms with van der Waals surface area (Å²) in [6.07, 6.45) is -2.52. The van der Waals surface area contributed by atoms with Crippen LogP contribution in [-0.4, -0.2) is 39.2 Å². The average molecular weight is 314 g/mol. The van der Waals surface area contributed by atoms with Crippen molar-refractivity contribution in [1.29, 1.82) is 0 Å². The van der Waals surface area contributed by atoms with Crippen LogP contribution in [0.5, 0.6) is 0 Å². The van der Waals surface area contributed by atoms with Crippen molar-refractivity contribution < 1.29 is 22.8 Å². The monoisotopic (exact) mass is 314 g/mol. The number of primary amides is 1. The fraction of sp³-hybridized carbons (Fsp3) is 0.308.